The van der Waals surface area contributed by atoms with Crippen LogP contribution in [0.5, 0.6) is 5.88 Å². The van der Waals surface area contributed by atoms with E-state index in [-0.39, 0.29) is 13.2 Å². The second-order valence-corrected chi connectivity index (χ2v) is 5.44. The topological polar surface area (TPSA) is 75.5 Å². The molecule has 0 radical (unpaired) electrons. The molecule has 1 aromatic heterocycles. The van der Waals surface area contributed by atoms with Crippen LogP contribution in [-0.2, 0) is 0 Å². The molecule has 100 valence electrons. The van der Waals surface area contributed by atoms with Crippen LogP contribution in [0.4, 0.5) is 4.79 Å². The monoisotopic (exact) mass is 317 g/mol. The third kappa shape index (κ3) is 4.48. The average Bonchev–Trinajstić information content (AvgIpc) is 2.24. The quantitative estimate of drug-likeness (QED) is 0.922. The summed E-state index contributed by atoms with van der Waals surface area (Å²) >= 11 is 3.17. The number of rotatable bonds is 4. The number of carbonyl (C=O) groups is 1. The van der Waals surface area contributed by atoms with Crippen LogP contribution in [0, 0.1) is 0 Å². The molecule has 6 nitrogen and oxygen atoms in total. The number of halogens is 1. The summed E-state index contributed by atoms with van der Waals surface area (Å²) in [5, 5.41) is 9.08. The Hall–Kier alpha value is -1.37. The normalized spacial score (nSPS) is 11.1. The van der Waals surface area contributed by atoms with Gasteiger partial charge in [0.1, 0.15) is 11.2 Å². The van der Waals surface area contributed by atoms with Gasteiger partial charge in [0.15, 0.2) is 0 Å². The lowest BCUT2D eigenvalue weighted by Gasteiger charge is -2.32. The van der Waals surface area contributed by atoms with Gasteiger partial charge in [0.2, 0.25) is 5.88 Å². The van der Waals surface area contributed by atoms with Gasteiger partial charge in [-0.2, -0.15) is 0 Å². The van der Waals surface area contributed by atoms with E-state index in [4.69, 9.17) is 9.84 Å². The fraction of sp³-hybridized carbons (Fsp3) is 0.545. The Balaban J connectivity index is 2.49. The lowest BCUT2D eigenvalue weighted by molar-refractivity contribution is 0.0885. The average molecular weight is 318 g/mol. The number of amides is 1. The van der Waals surface area contributed by atoms with E-state index >= 15 is 0 Å². The first-order valence-electron chi connectivity index (χ1n) is 5.41. The number of nitrogens with zero attached hydrogens (tertiary/aromatic N) is 3. The third-order valence-corrected chi connectivity index (χ3v) is 2.61. The lowest BCUT2D eigenvalue weighted by Crippen LogP contribution is -2.46. The van der Waals surface area contributed by atoms with Crippen LogP contribution in [0.25, 0.3) is 0 Å². The number of carboxylic acid groups (broad SMARTS) is 1. The van der Waals surface area contributed by atoms with Gasteiger partial charge < -0.3 is 14.7 Å². The van der Waals surface area contributed by atoms with Gasteiger partial charge >= 0.3 is 6.09 Å². The summed E-state index contributed by atoms with van der Waals surface area (Å²) < 4.78 is 5.96. The molecule has 0 spiro atoms. The first-order chi connectivity index (χ1) is 8.30. The molecule has 1 amide bonds. The molecule has 0 saturated heterocycles. The first kappa shape index (κ1) is 14.7. The maximum absolute atomic E-state index is 11.1. The van der Waals surface area contributed by atoms with E-state index in [9.17, 15) is 4.79 Å². The smallest absolute Gasteiger partial charge is 0.407 e. The molecule has 0 bridgehead atoms. The predicted octanol–water partition coefficient (Wildman–Crippen LogP) is 2.40. The summed E-state index contributed by atoms with van der Waals surface area (Å²) in [4.78, 5) is 20.3. The van der Waals surface area contributed by atoms with E-state index in [0.717, 1.165) is 0 Å². The maximum Gasteiger partial charge on any atom is 0.407 e. The van der Waals surface area contributed by atoms with Gasteiger partial charge in [0.05, 0.1) is 18.9 Å². The molecule has 0 aliphatic rings. The standard InChI is InChI=1S/C11H16BrN3O3/c1-11(2,3)15(10(16)17)4-5-18-9-7-13-8(12)6-14-9/h6-7H,4-5H2,1-3H3,(H,16,17). The molecule has 0 aliphatic carbocycles. The highest BCUT2D eigenvalue weighted by Gasteiger charge is 2.25. The lowest BCUT2D eigenvalue weighted by atomic mass is 10.1. The zero-order valence-electron chi connectivity index (χ0n) is 10.6. The minimum absolute atomic E-state index is 0.236. The summed E-state index contributed by atoms with van der Waals surface area (Å²) in [6.45, 7) is 6.01. The molecule has 1 rings (SSSR count). The zero-order chi connectivity index (χ0) is 13.8. The Morgan fingerprint density at radius 2 is 2.11 bits per heavy atom. The van der Waals surface area contributed by atoms with Crippen molar-refractivity contribution in [1.82, 2.24) is 14.9 Å². The molecule has 0 saturated carbocycles. The molecule has 0 aromatic carbocycles. The molecule has 1 aromatic rings. The van der Waals surface area contributed by atoms with E-state index in [0.29, 0.717) is 10.5 Å². The van der Waals surface area contributed by atoms with Crippen molar-refractivity contribution in [3.8, 4) is 5.88 Å². The Morgan fingerprint density at radius 1 is 1.44 bits per heavy atom. The minimum atomic E-state index is -0.965. The van der Waals surface area contributed by atoms with Crippen LogP contribution >= 0.6 is 15.9 Å². The zero-order valence-corrected chi connectivity index (χ0v) is 12.1. The van der Waals surface area contributed by atoms with Crippen molar-refractivity contribution in [1.29, 1.82) is 0 Å². The summed E-state index contributed by atoms with van der Waals surface area (Å²) in [6, 6.07) is 0. The SMILES string of the molecule is CC(C)(C)N(CCOc1cnc(Br)cn1)C(=O)O. The van der Waals surface area contributed by atoms with E-state index < -0.39 is 11.6 Å². The highest BCUT2D eigenvalue weighted by Crippen LogP contribution is 2.13. The van der Waals surface area contributed by atoms with E-state index in [2.05, 4.69) is 25.9 Å². The highest BCUT2D eigenvalue weighted by atomic mass is 79.9. The van der Waals surface area contributed by atoms with E-state index in [1.807, 2.05) is 20.8 Å². The number of aromatic nitrogens is 2. The highest BCUT2D eigenvalue weighted by molar-refractivity contribution is 9.10. The Morgan fingerprint density at radius 3 is 2.56 bits per heavy atom. The van der Waals surface area contributed by atoms with Crippen molar-refractivity contribution in [2.45, 2.75) is 26.3 Å². The number of hydrogen-bond acceptors (Lipinski definition) is 4. The van der Waals surface area contributed by atoms with Gasteiger partial charge in [-0.3, -0.25) is 0 Å². The molecular weight excluding hydrogens is 302 g/mol. The van der Waals surface area contributed by atoms with Crippen molar-refractivity contribution in [2.24, 2.45) is 0 Å². The van der Waals surface area contributed by atoms with Gasteiger partial charge in [-0.15, -0.1) is 0 Å². The van der Waals surface area contributed by atoms with Gasteiger partial charge in [-0.25, -0.2) is 14.8 Å². The number of ether oxygens (including phenoxy) is 1. The molecule has 18 heavy (non-hydrogen) atoms. The molecule has 1 N–H and O–H groups in total. The second kappa shape index (κ2) is 5.99. The fourth-order valence-corrected chi connectivity index (χ4v) is 1.54. The van der Waals surface area contributed by atoms with E-state index in [1.165, 1.54) is 17.3 Å². The molecule has 0 aliphatic heterocycles. The second-order valence-electron chi connectivity index (χ2n) is 4.63. The first-order valence-corrected chi connectivity index (χ1v) is 6.21. The minimum Gasteiger partial charge on any atom is -0.475 e. The fourth-order valence-electron chi connectivity index (χ4n) is 1.33. The van der Waals surface area contributed by atoms with Crippen LogP contribution in [0.3, 0.4) is 0 Å². The van der Waals surface area contributed by atoms with Gasteiger partial charge in [0, 0.05) is 5.54 Å². The summed E-state index contributed by atoms with van der Waals surface area (Å²) in [6.07, 6.45) is 2.04. The van der Waals surface area contributed by atoms with Crippen molar-refractivity contribution in [2.75, 3.05) is 13.2 Å². The van der Waals surface area contributed by atoms with Crippen molar-refractivity contribution >= 4 is 22.0 Å². The predicted molar refractivity (Wildman–Crippen MR) is 69.7 cm³/mol. The van der Waals surface area contributed by atoms with Crippen LogP contribution in [0.1, 0.15) is 20.8 Å². The number of hydrogen-bond donors (Lipinski definition) is 1. The van der Waals surface area contributed by atoms with Gasteiger partial charge in [-0.05, 0) is 36.7 Å². The van der Waals surface area contributed by atoms with Gasteiger partial charge in [0.25, 0.3) is 0 Å². The Labute approximate surface area is 114 Å². The summed E-state index contributed by atoms with van der Waals surface area (Å²) in [7, 11) is 0. The van der Waals surface area contributed by atoms with Crippen molar-refractivity contribution < 1.29 is 14.6 Å². The van der Waals surface area contributed by atoms with Crippen LogP contribution in [-0.4, -0.2) is 44.8 Å². The van der Waals surface area contributed by atoms with Gasteiger partial charge in [-0.1, -0.05) is 0 Å². The van der Waals surface area contributed by atoms with Crippen molar-refractivity contribution in [3.63, 3.8) is 0 Å². The molecule has 0 unspecified atom stereocenters. The summed E-state index contributed by atoms with van der Waals surface area (Å²) in [5.74, 6) is 0.373. The van der Waals surface area contributed by atoms with Crippen LogP contribution in [0.2, 0.25) is 0 Å². The Kier molecular flexibility index (Phi) is 4.89. The Bertz CT molecular complexity index is 403. The summed E-state index contributed by atoms with van der Waals surface area (Å²) in [5.41, 5.74) is -0.458. The molecule has 7 heteroatoms. The maximum atomic E-state index is 11.1. The van der Waals surface area contributed by atoms with Crippen LogP contribution in [0.15, 0.2) is 17.0 Å². The molecule has 0 atom stereocenters. The molecule has 0 fully saturated rings. The van der Waals surface area contributed by atoms with Crippen molar-refractivity contribution in [3.05, 3.63) is 17.0 Å². The molecule has 1 heterocycles. The third-order valence-electron chi connectivity index (χ3n) is 2.20. The molecular formula is C11H16BrN3O3. The van der Waals surface area contributed by atoms with Crippen LogP contribution < -0.4 is 4.74 Å². The van der Waals surface area contributed by atoms with E-state index in [1.54, 1.807) is 0 Å². The largest absolute Gasteiger partial charge is 0.475 e.